The minimum Gasteiger partial charge on any atom is -0.481 e. The summed E-state index contributed by atoms with van der Waals surface area (Å²) in [6, 6.07) is 8.28. The first-order chi connectivity index (χ1) is 18.6. The lowest BCUT2D eigenvalue weighted by Gasteiger charge is -2.26. The number of pyridine rings is 1. The molecule has 0 amide bonds. The second-order valence-corrected chi connectivity index (χ2v) is 10.5. The number of hydrogen-bond acceptors (Lipinski definition) is 8. The highest BCUT2D eigenvalue weighted by Crippen LogP contribution is 2.40. The van der Waals surface area contributed by atoms with E-state index in [4.69, 9.17) is 14.2 Å². The lowest BCUT2D eigenvalue weighted by atomic mass is 9.98. The van der Waals surface area contributed by atoms with Gasteiger partial charge in [0, 0.05) is 30.8 Å². The van der Waals surface area contributed by atoms with Gasteiger partial charge in [0.15, 0.2) is 6.61 Å². The Kier molecular flexibility index (Phi) is 8.93. The highest BCUT2D eigenvalue weighted by molar-refractivity contribution is 7.89. The summed E-state index contributed by atoms with van der Waals surface area (Å²) in [6.45, 7) is -0.949. The molecule has 2 heterocycles. The van der Waals surface area contributed by atoms with Gasteiger partial charge in [0.05, 0.1) is 30.6 Å². The van der Waals surface area contributed by atoms with Gasteiger partial charge in [-0.15, -0.1) is 0 Å². The third-order valence-corrected chi connectivity index (χ3v) is 8.13. The van der Waals surface area contributed by atoms with E-state index in [1.165, 1.54) is 22.5 Å². The molecule has 39 heavy (non-hydrogen) atoms. The normalized spacial score (nSPS) is 14.5. The van der Waals surface area contributed by atoms with Crippen LogP contribution in [0.25, 0.3) is 10.9 Å². The standard InChI is InChI=1S/C26H27F3N2O7S/c1-3-20-18(14-16-4-6-17(7-5-16)39(33,34)31-10-12-36-13-11-31)25(38-26(28)29)23-21(37-15-22(32)35-2)9-8-19(27)24(23)30-20/h4-9,26H,3,10-15H2,1-2H3. The van der Waals surface area contributed by atoms with Crippen molar-refractivity contribution in [1.29, 1.82) is 0 Å². The number of carbonyl (C=O) groups excluding carboxylic acids is 1. The Morgan fingerprint density at radius 3 is 2.44 bits per heavy atom. The maximum atomic E-state index is 14.8. The summed E-state index contributed by atoms with van der Waals surface area (Å²) >= 11 is 0. The molecule has 1 saturated heterocycles. The minimum absolute atomic E-state index is 0.0268. The van der Waals surface area contributed by atoms with E-state index in [0.29, 0.717) is 24.5 Å². The second kappa shape index (κ2) is 12.2. The van der Waals surface area contributed by atoms with E-state index >= 15 is 0 Å². The van der Waals surface area contributed by atoms with Crippen molar-refractivity contribution in [3.63, 3.8) is 0 Å². The summed E-state index contributed by atoms with van der Waals surface area (Å²) in [5, 5.41) is -0.155. The van der Waals surface area contributed by atoms with Crippen molar-refractivity contribution in [3.8, 4) is 11.5 Å². The Morgan fingerprint density at radius 2 is 1.82 bits per heavy atom. The summed E-state index contributed by atoms with van der Waals surface area (Å²) < 4.78 is 89.5. The third-order valence-electron chi connectivity index (χ3n) is 6.21. The van der Waals surface area contributed by atoms with Gasteiger partial charge in [-0.1, -0.05) is 19.1 Å². The minimum atomic E-state index is -3.72. The number of carbonyl (C=O) groups is 1. The van der Waals surface area contributed by atoms with E-state index in [1.54, 1.807) is 19.1 Å². The number of aromatic nitrogens is 1. The van der Waals surface area contributed by atoms with Gasteiger partial charge in [0.1, 0.15) is 22.8 Å². The van der Waals surface area contributed by atoms with Crippen molar-refractivity contribution in [2.75, 3.05) is 40.0 Å². The molecule has 1 fully saturated rings. The van der Waals surface area contributed by atoms with Crippen molar-refractivity contribution >= 4 is 26.9 Å². The summed E-state index contributed by atoms with van der Waals surface area (Å²) in [6.07, 6.45) is 0.292. The topological polar surface area (TPSA) is 104 Å². The number of alkyl halides is 2. The molecule has 0 saturated carbocycles. The number of rotatable bonds is 10. The highest BCUT2D eigenvalue weighted by atomic mass is 32.2. The Morgan fingerprint density at radius 1 is 1.13 bits per heavy atom. The first-order valence-corrected chi connectivity index (χ1v) is 13.5. The fourth-order valence-corrected chi connectivity index (χ4v) is 5.70. The van der Waals surface area contributed by atoms with E-state index in [2.05, 4.69) is 9.72 Å². The van der Waals surface area contributed by atoms with Crippen molar-refractivity contribution in [3.05, 3.63) is 59.0 Å². The lowest BCUT2D eigenvalue weighted by Crippen LogP contribution is -2.40. The zero-order valence-electron chi connectivity index (χ0n) is 21.3. The second-order valence-electron chi connectivity index (χ2n) is 8.57. The summed E-state index contributed by atoms with van der Waals surface area (Å²) in [5.74, 6) is -1.94. The average Bonchev–Trinajstić information content (AvgIpc) is 2.94. The van der Waals surface area contributed by atoms with Crippen LogP contribution in [0.1, 0.15) is 23.7 Å². The Hall–Kier alpha value is -3.42. The molecular weight excluding hydrogens is 541 g/mol. The summed E-state index contributed by atoms with van der Waals surface area (Å²) in [7, 11) is -2.57. The van der Waals surface area contributed by atoms with E-state index in [0.717, 1.165) is 13.2 Å². The Labute approximate surface area is 223 Å². The molecule has 1 aliphatic heterocycles. The molecule has 0 aliphatic carbocycles. The first kappa shape index (κ1) is 28.6. The quantitative estimate of drug-likeness (QED) is 0.341. The largest absolute Gasteiger partial charge is 0.481 e. The molecule has 2 aromatic carbocycles. The number of hydrogen-bond donors (Lipinski definition) is 0. The van der Waals surface area contributed by atoms with E-state index < -0.39 is 35.0 Å². The number of ether oxygens (including phenoxy) is 4. The number of benzene rings is 2. The predicted octanol–water partition coefficient (Wildman–Crippen LogP) is 3.70. The molecule has 0 unspecified atom stereocenters. The van der Waals surface area contributed by atoms with Crippen LogP contribution in [0.15, 0.2) is 41.3 Å². The van der Waals surface area contributed by atoms with Gasteiger partial charge in [-0.05, 0) is 36.2 Å². The molecule has 9 nitrogen and oxygen atoms in total. The smallest absolute Gasteiger partial charge is 0.387 e. The van der Waals surface area contributed by atoms with Gasteiger partial charge in [-0.25, -0.2) is 22.6 Å². The number of morpholine rings is 1. The molecule has 0 bridgehead atoms. The number of fused-ring (bicyclic) bond motifs is 1. The molecule has 0 atom stereocenters. The number of sulfonamides is 1. The molecule has 3 aromatic rings. The molecule has 13 heteroatoms. The molecule has 1 aliphatic rings. The maximum Gasteiger partial charge on any atom is 0.387 e. The van der Waals surface area contributed by atoms with Gasteiger partial charge in [-0.2, -0.15) is 13.1 Å². The van der Waals surface area contributed by atoms with Gasteiger partial charge in [0.25, 0.3) is 0 Å². The van der Waals surface area contributed by atoms with Gasteiger partial charge in [0.2, 0.25) is 10.0 Å². The van der Waals surface area contributed by atoms with Gasteiger partial charge in [-0.3, -0.25) is 0 Å². The molecule has 1 aromatic heterocycles. The Balaban J connectivity index is 1.77. The molecule has 4 rings (SSSR count). The van der Waals surface area contributed by atoms with Crippen LogP contribution < -0.4 is 9.47 Å². The van der Waals surface area contributed by atoms with Crippen molar-refractivity contribution in [2.45, 2.75) is 31.3 Å². The van der Waals surface area contributed by atoms with Gasteiger partial charge >= 0.3 is 12.6 Å². The van der Waals surface area contributed by atoms with Crippen LogP contribution in [0, 0.1) is 5.82 Å². The van der Waals surface area contributed by atoms with E-state index in [1.807, 2.05) is 0 Å². The molecule has 210 valence electrons. The first-order valence-electron chi connectivity index (χ1n) is 12.1. The summed E-state index contributed by atoms with van der Waals surface area (Å²) in [4.78, 5) is 16.1. The van der Waals surface area contributed by atoms with Crippen LogP contribution in [0.2, 0.25) is 0 Å². The molecule has 0 spiro atoms. The van der Waals surface area contributed by atoms with E-state index in [-0.39, 0.29) is 58.8 Å². The fraction of sp³-hybridized carbons (Fsp3) is 0.385. The van der Waals surface area contributed by atoms with Crippen LogP contribution in [-0.2, 0) is 37.1 Å². The number of methoxy groups -OCH3 is 1. The fourth-order valence-electron chi connectivity index (χ4n) is 4.29. The van der Waals surface area contributed by atoms with Crippen LogP contribution >= 0.6 is 0 Å². The zero-order chi connectivity index (χ0) is 28.2. The molecule has 0 radical (unpaired) electrons. The van der Waals surface area contributed by atoms with Gasteiger partial charge < -0.3 is 18.9 Å². The van der Waals surface area contributed by atoms with Crippen LogP contribution in [0.3, 0.4) is 0 Å². The predicted molar refractivity (Wildman–Crippen MR) is 134 cm³/mol. The zero-order valence-corrected chi connectivity index (χ0v) is 22.1. The maximum absolute atomic E-state index is 14.8. The van der Waals surface area contributed by atoms with Crippen LogP contribution in [0.4, 0.5) is 13.2 Å². The molecular formula is C26H27F3N2O7S. The number of nitrogens with zero attached hydrogens (tertiary/aromatic N) is 2. The van der Waals surface area contributed by atoms with Crippen LogP contribution in [0.5, 0.6) is 11.5 Å². The lowest BCUT2D eigenvalue weighted by molar-refractivity contribution is -0.142. The SMILES string of the molecule is CCc1nc2c(F)ccc(OCC(=O)OC)c2c(OC(F)F)c1Cc1ccc(S(=O)(=O)N2CCOCC2)cc1. The van der Waals surface area contributed by atoms with Crippen molar-refractivity contribution in [1.82, 2.24) is 9.29 Å². The number of halogens is 3. The monoisotopic (exact) mass is 568 g/mol. The van der Waals surface area contributed by atoms with E-state index in [9.17, 15) is 26.4 Å². The number of aryl methyl sites for hydroxylation is 1. The van der Waals surface area contributed by atoms with Crippen LogP contribution in [-0.4, -0.2) is 70.3 Å². The summed E-state index contributed by atoms with van der Waals surface area (Å²) in [5.41, 5.74) is 0.898. The van der Waals surface area contributed by atoms with Crippen molar-refractivity contribution < 1.29 is 45.3 Å². The van der Waals surface area contributed by atoms with Crippen molar-refractivity contribution in [2.24, 2.45) is 0 Å². The Bertz CT molecular complexity index is 1440. The third kappa shape index (κ3) is 6.26. The number of esters is 1. The average molecular weight is 569 g/mol. The highest BCUT2D eigenvalue weighted by Gasteiger charge is 2.27. The molecule has 0 N–H and O–H groups in total.